The lowest BCUT2D eigenvalue weighted by Crippen LogP contribution is -2.14. The van der Waals surface area contributed by atoms with Crippen LogP contribution in [0.25, 0.3) is 0 Å². The SMILES string of the molecule is COc1ccccc1C(N)c1ccncc1OC. The Kier molecular flexibility index (Phi) is 3.79. The van der Waals surface area contributed by atoms with Gasteiger partial charge in [0.1, 0.15) is 11.5 Å². The number of pyridine rings is 1. The number of ether oxygens (including phenoxy) is 2. The van der Waals surface area contributed by atoms with Crippen molar-refractivity contribution < 1.29 is 9.47 Å². The van der Waals surface area contributed by atoms with Crippen LogP contribution in [0.2, 0.25) is 0 Å². The van der Waals surface area contributed by atoms with E-state index in [-0.39, 0.29) is 6.04 Å². The Labute approximate surface area is 106 Å². The number of nitrogens with zero attached hydrogens (tertiary/aromatic N) is 1. The van der Waals surface area contributed by atoms with E-state index in [1.165, 1.54) is 0 Å². The van der Waals surface area contributed by atoms with E-state index in [0.29, 0.717) is 5.75 Å². The summed E-state index contributed by atoms with van der Waals surface area (Å²) in [7, 11) is 3.24. The number of hydrogen-bond donors (Lipinski definition) is 1. The molecule has 1 aromatic carbocycles. The van der Waals surface area contributed by atoms with Crippen molar-refractivity contribution in [2.75, 3.05) is 14.2 Å². The quantitative estimate of drug-likeness (QED) is 0.895. The van der Waals surface area contributed by atoms with Gasteiger partial charge in [-0.15, -0.1) is 0 Å². The van der Waals surface area contributed by atoms with Crippen LogP contribution < -0.4 is 15.2 Å². The monoisotopic (exact) mass is 244 g/mol. The number of aromatic nitrogens is 1. The molecule has 0 bridgehead atoms. The smallest absolute Gasteiger partial charge is 0.142 e. The standard InChI is InChI=1S/C14H16N2O2/c1-17-12-6-4-3-5-10(12)14(15)11-7-8-16-9-13(11)18-2/h3-9,14H,15H2,1-2H3. The van der Waals surface area contributed by atoms with Gasteiger partial charge in [0.05, 0.1) is 26.5 Å². The zero-order valence-corrected chi connectivity index (χ0v) is 10.5. The Bertz CT molecular complexity index is 481. The van der Waals surface area contributed by atoms with Gasteiger partial charge in [-0.3, -0.25) is 4.98 Å². The van der Waals surface area contributed by atoms with Crippen LogP contribution in [0.4, 0.5) is 0 Å². The van der Waals surface area contributed by atoms with E-state index in [4.69, 9.17) is 15.2 Å². The van der Waals surface area contributed by atoms with Gasteiger partial charge in [0.15, 0.2) is 0 Å². The van der Waals surface area contributed by atoms with Crippen LogP contribution in [-0.4, -0.2) is 19.2 Å². The molecule has 0 aliphatic carbocycles. The third-order valence-corrected chi connectivity index (χ3v) is 2.85. The van der Waals surface area contributed by atoms with Gasteiger partial charge in [-0.2, -0.15) is 0 Å². The van der Waals surface area contributed by atoms with Crippen LogP contribution in [-0.2, 0) is 0 Å². The van der Waals surface area contributed by atoms with Gasteiger partial charge in [-0.05, 0) is 12.1 Å². The van der Waals surface area contributed by atoms with Gasteiger partial charge >= 0.3 is 0 Å². The average Bonchev–Trinajstić information content (AvgIpc) is 2.46. The molecule has 0 spiro atoms. The topological polar surface area (TPSA) is 57.4 Å². The van der Waals surface area contributed by atoms with Gasteiger partial charge in [-0.1, -0.05) is 18.2 Å². The summed E-state index contributed by atoms with van der Waals surface area (Å²) in [5.74, 6) is 1.44. The average molecular weight is 244 g/mol. The van der Waals surface area contributed by atoms with Crippen molar-refractivity contribution in [1.82, 2.24) is 4.98 Å². The molecule has 0 amide bonds. The molecule has 2 N–H and O–H groups in total. The molecule has 0 aliphatic rings. The van der Waals surface area contributed by atoms with Gasteiger partial charge in [0.2, 0.25) is 0 Å². The fourth-order valence-electron chi connectivity index (χ4n) is 1.91. The number of hydrogen-bond acceptors (Lipinski definition) is 4. The molecule has 0 radical (unpaired) electrons. The van der Waals surface area contributed by atoms with Crippen LogP contribution in [0.3, 0.4) is 0 Å². The summed E-state index contributed by atoms with van der Waals surface area (Å²) in [6.07, 6.45) is 3.36. The second kappa shape index (κ2) is 5.51. The fourth-order valence-corrected chi connectivity index (χ4v) is 1.91. The van der Waals surface area contributed by atoms with Crippen LogP contribution in [0.5, 0.6) is 11.5 Å². The van der Waals surface area contributed by atoms with Crippen molar-refractivity contribution in [2.45, 2.75) is 6.04 Å². The minimum atomic E-state index is -0.306. The number of rotatable bonds is 4. The largest absolute Gasteiger partial charge is 0.496 e. The van der Waals surface area contributed by atoms with E-state index >= 15 is 0 Å². The molecule has 4 nitrogen and oxygen atoms in total. The fraction of sp³-hybridized carbons (Fsp3) is 0.214. The van der Waals surface area contributed by atoms with E-state index < -0.39 is 0 Å². The Morgan fingerprint density at radius 1 is 1.00 bits per heavy atom. The molecule has 2 rings (SSSR count). The van der Waals surface area contributed by atoms with Crippen molar-refractivity contribution >= 4 is 0 Å². The van der Waals surface area contributed by atoms with Crippen molar-refractivity contribution in [3.8, 4) is 11.5 Å². The molecule has 2 aromatic rings. The summed E-state index contributed by atoms with van der Waals surface area (Å²) in [5, 5.41) is 0. The van der Waals surface area contributed by atoms with E-state index in [0.717, 1.165) is 16.9 Å². The zero-order chi connectivity index (χ0) is 13.0. The molecule has 1 atom stereocenters. The van der Waals surface area contributed by atoms with Crippen LogP contribution in [0.15, 0.2) is 42.7 Å². The molecule has 0 saturated carbocycles. The Morgan fingerprint density at radius 2 is 1.67 bits per heavy atom. The first-order valence-electron chi connectivity index (χ1n) is 5.64. The van der Waals surface area contributed by atoms with Gasteiger partial charge in [0.25, 0.3) is 0 Å². The molecule has 18 heavy (non-hydrogen) atoms. The van der Waals surface area contributed by atoms with E-state index in [2.05, 4.69) is 4.98 Å². The maximum atomic E-state index is 6.28. The van der Waals surface area contributed by atoms with Crippen LogP contribution in [0.1, 0.15) is 17.2 Å². The van der Waals surface area contributed by atoms with Crippen molar-refractivity contribution in [3.63, 3.8) is 0 Å². The lowest BCUT2D eigenvalue weighted by atomic mass is 9.99. The molecule has 0 saturated heterocycles. The molecule has 4 heteroatoms. The highest BCUT2D eigenvalue weighted by atomic mass is 16.5. The Balaban J connectivity index is 2.44. The van der Waals surface area contributed by atoms with Crippen LogP contribution >= 0.6 is 0 Å². The first-order valence-corrected chi connectivity index (χ1v) is 5.64. The van der Waals surface area contributed by atoms with Crippen molar-refractivity contribution in [3.05, 3.63) is 53.9 Å². The Hall–Kier alpha value is -2.07. The molecule has 0 aliphatic heterocycles. The molecular formula is C14H16N2O2. The summed E-state index contributed by atoms with van der Waals surface area (Å²) >= 11 is 0. The highest BCUT2D eigenvalue weighted by Crippen LogP contribution is 2.32. The molecule has 1 unspecified atom stereocenters. The summed E-state index contributed by atoms with van der Waals surface area (Å²) in [5.41, 5.74) is 8.09. The molecule has 1 heterocycles. The molecule has 1 aromatic heterocycles. The lowest BCUT2D eigenvalue weighted by molar-refractivity contribution is 0.399. The maximum Gasteiger partial charge on any atom is 0.142 e. The third-order valence-electron chi connectivity index (χ3n) is 2.85. The van der Waals surface area contributed by atoms with Gasteiger partial charge in [-0.25, -0.2) is 0 Å². The van der Waals surface area contributed by atoms with E-state index in [1.54, 1.807) is 26.6 Å². The summed E-state index contributed by atoms with van der Waals surface area (Å²) in [4.78, 5) is 4.02. The maximum absolute atomic E-state index is 6.28. The summed E-state index contributed by atoms with van der Waals surface area (Å²) < 4.78 is 10.6. The second-order valence-electron chi connectivity index (χ2n) is 3.84. The Morgan fingerprint density at radius 3 is 2.39 bits per heavy atom. The molecule has 0 fully saturated rings. The normalized spacial score (nSPS) is 11.9. The van der Waals surface area contributed by atoms with Crippen LogP contribution in [0, 0.1) is 0 Å². The first kappa shape index (κ1) is 12.4. The van der Waals surface area contributed by atoms with Gasteiger partial charge < -0.3 is 15.2 Å². The summed E-state index contributed by atoms with van der Waals surface area (Å²) in [6.45, 7) is 0. The minimum Gasteiger partial charge on any atom is -0.496 e. The predicted molar refractivity (Wildman–Crippen MR) is 69.8 cm³/mol. The summed E-state index contributed by atoms with van der Waals surface area (Å²) in [6, 6.07) is 9.24. The second-order valence-corrected chi connectivity index (χ2v) is 3.84. The first-order chi connectivity index (χ1) is 8.77. The van der Waals surface area contributed by atoms with Crippen molar-refractivity contribution in [2.24, 2.45) is 5.73 Å². The van der Waals surface area contributed by atoms with Gasteiger partial charge in [0, 0.05) is 17.3 Å². The lowest BCUT2D eigenvalue weighted by Gasteiger charge is -2.17. The number of methoxy groups -OCH3 is 2. The minimum absolute atomic E-state index is 0.306. The third kappa shape index (κ3) is 2.28. The molecule has 94 valence electrons. The number of benzene rings is 1. The van der Waals surface area contributed by atoms with E-state index in [1.807, 2.05) is 30.3 Å². The highest BCUT2D eigenvalue weighted by molar-refractivity contribution is 5.45. The predicted octanol–water partition coefficient (Wildman–Crippen LogP) is 2.15. The number of para-hydroxylation sites is 1. The van der Waals surface area contributed by atoms with E-state index in [9.17, 15) is 0 Å². The molecular weight excluding hydrogens is 228 g/mol. The zero-order valence-electron chi connectivity index (χ0n) is 10.5. The highest BCUT2D eigenvalue weighted by Gasteiger charge is 2.17. The van der Waals surface area contributed by atoms with Crippen molar-refractivity contribution in [1.29, 1.82) is 0 Å². The number of nitrogens with two attached hydrogens (primary N) is 1.